The summed E-state index contributed by atoms with van der Waals surface area (Å²) in [7, 11) is -7.53. The van der Waals surface area contributed by atoms with Gasteiger partial charge in [0.15, 0.2) is 9.84 Å². The Morgan fingerprint density at radius 1 is 0.969 bits per heavy atom. The Kier molecular flexibility index (Phi) is 6.39. The van der Waals surface area contributed by atoms with E-state index in [-0.39, 0.29) is 47.8 Å². The Labute approximate surface area is 192 Å². The number of nitrogens with zero attached hydrogens (tertiary/aromatic N) is 1. The van der Waals surface area contributed by atoms with Gasteiger partial charge in [-0.3, -0.25) is 0 Å². The summed E-state index contributed by atoms with van der Waals surface area (Å²) in [6.07, 6.45) is 1.38. The number of hydrogen-bond donors (Lipinski definition) is 0. The summed E-state index contributed by atoms with van der Waals surface area (Å²) in [5.74, 6) is -1.83. The minimum Gasteiger partial charge on any atom is -0.223 e. The molecule has 174 valence electrons. The third kappa shape index (κ3) is 4.20. The van der Waals surface area contributed by atoms with E-state index in [1.54, 1.807) is 0 Å². The maximum Gasteiger partial charge on any atom is 0.214 e. The van der Waals surface area contributed by atoms with Crippen molar-refractivity contribution >= 4 is 31.5 Å². The topological polar surface area (TPSA) is 71.5 Å². The molecule has 0 bridgehead atoms. The van der Waals surface area contributed by atoms with Gasteiger partial charge in [0.05, 0.1) is 10.6 Å². The van der Waals surface area contributed by atoms with Crippen LogP contribution in [0.3, 0.4) is 0 Å². The van der Waals surface area contributed by atoms with E-state index in [2.05, 4.69) is 0 Å². The largest absolute Gasteiger partial charge is 0.223 e. The SMILES string of the molecule is O=S(=O)(CC1CCC(c2cc(F)ccc2F)(S(=O)(=O)c2ccc(Cl)cc2)CC1)N1CCC1. The smallest absolute Gasteiger partial charge is 0.214 e. The fraction of sp³-hybridized carbons (Fsp3) is 0.455. The minimum absolute atomic E-state index is 0.00147. The van der Waals surface area contributed by atoms with Crippen LogP contribution in [0.5, 0.6) is 0 Å². The van der Waals surface area contributed by atoms with Gasteiger partial charge >= 0.3 is 0 Å². The summed E-state index contributed by atoms with van der Waals surface area (Å²) < 4.78 is 81.4. The van der Waals surface area contributed by atoms with Gasteiger partial charge in [-0.2, -0.15) is 0 Å². The predicted molar refractivity (Wildman–Crippen MR) is 119 cm³/mol. The van der Waals surface area contributed by atoms with E-state index in [1.807, 2.05) is 0 Å². The van der Waals surface area contributed by atoms with E-state index in [0.29, 0.717) is 18.1 Å². The molecule has 1 saturated heterocycles. The lowest BCUT2D eigenvalue weighted by Crippen LogP contribution is -2.46. The van der Waals surface area contributed by atoms with Crippen molar-refractivity contribution in [3.8, 4) is 0 Å². The molecule has 0 unspecified atom stereocenters. The lowest BCUT2D eigenvalue weighted by molar-refractivity contribution is 0.284. The summed E-state index contributed by atoms with van der Waals surface area (Å²) in [6, 6.07) is 8.43. The predicted octanol–water partition coefficient (Wildman–Crippen LogP) is 4.51. The Morgan fingerprint density at radius 3 is 2.16 bits per heavy atom. The van der Waals surface area contributed by atoms with Gasteiger partial charge in [-0.15, -0.1) is 0 Å². The van der Waals surface area contributed by atoms with Crippen molar-refractivity contribution in [3.05, 3.63) is 64.7 Å². The summed E-state index contributed by atoms with van der Waals surface area (Å²) in [4.78, 5) is -0.0304. The Balaban J connectivity index is 1.70. The molecule has 1 aliphatic carbocycles. The summed E-state index contributed by atoms with van der Waals surface area (Å²) >= 11 is 5.90. The standard InChI is InChI=1S/C22H24ClF2NO4S2/c23-17-2-5-19(6-3-17)32(29,30)22(20-14-18(24)4-7-21(20)25)10-8-16(9-11-22)15-31(27,28)26-12-1-13-26/h2-7,14,16H,1,8-13,15H2. The van der Waals surface area contributed by atoms with Crippen molar-refractivity contribution < 1.29 is 25.6 Å². The van der Waals surface area contributed by atoms with Crippen LogP contribution >= 0.6 is 11.6 Å². The molecule has 0 aromatic heterocycles. The number of sulfonamides is 1. The zero-order valence-electron chi connectivity index (χ0n) is 17.3. The van der Waals surface area contributed by atoms with Crippen molar-refractivity contribution in [3.63, 3.8) is 0 Å². The molecule has 32 heavy (non-hydrogen) atoms. The van der Waals surface area contributed by atoms with E-state index in [4.69, 9.17) is 11.6 Å². The van der Waals surface area contributed by atoms with Crippen LogP contribution in [0.15, 0.2) is 47.4 Å². The average Bonchev–Trinajstić information content (AvgIpc) is 2.69. The molecule has 0 amide bonds. The first-order valence-corrected chi connectivity index (χ1v) is 14.0. The van der Waals surface area contributed by atoms with Crippen LogP contribution in [0.1, 0.15) is 37.7 Å². The van der Waals surface area contributed by atoms with Gasteiger partial charge in [0.2, 0.25) is 10.0 Å². The first kappa shape index (κ1) is 23.6. The quantitative estimate of drug-likeness (QED) is 0.581. The zero-order chi connectivity index (χ0) is 23.1. The average molecular weight is 504 g/mol. The minimum atomic E-state index is -4.13. The van der Waals surface area contributed by atoms with E-state index >= 15 is 0 Å². The van der Waals surface area contributed by atoms with Crippen LogP contribution in [0.4, 0.5) is 8.78 Å². The van der Waals surface area contributed by atoms with Crippen molar-refractivity contribution in [2.75, 3.05) is 18.8 Å². The fourth-order valence-electron chi connectivity index (χ4n) is 4.65. The summed E-state index contributed by atoms with van der Waals surface area (Å²) in [5.41, 5.74) is -0.212. The molecular weight excluding hydrogens is 480 g/mol. The van der Waals surface area contributed by atoms with Gasteiger partial charge < -0.3 is 0 Å². The monoisotopic (exact) mass is 503 g/mol. The Hall–Kier alpha value is -1.55. The molecule has 1 heterocycles. The van der Waals surface area contributed by atoms with Crippen LogP contribution in [-0.4, -0.2) is 40.0 Å². The molecule has 0 radical (unpaired) electrons. The number of rotatable bonds is 6. The molecule has 2 aromatic carbocycles. The van der Waals surface area contributed by atoms with Gasteiger partial charge in [0.25, 0.3) is 0 Å². The molecular formula is C22H24ClF2NO4S2. The highest BCUT2D eigenvalue weighted by atomic mass is 35.5. The molecule has 2 aliphatic rings. The lowest BCUT2D eigenvalue weighted by atomic mass is 9.78. The molecule has 0 N–H and O–H groups in total. The van der Waals surface area contributed by atoms with Crippen molar-refractivity contribution in [1.82, 2.24) is 4.31 Å². The molecule has 0 spiro atoms. The Morgan fingerprint density at radius 2 is 1.59 bits per heavy atom. The number of halogens is 3. The lowest BCUT2D eigenvalue weighted by Gasteiger charge is -2.41. The number of sulfone groups is 1. The molecule has 1 saturated carbocycles. The molecule has 1 aliphatic heterocycles. The van der Waals surface area contributed by atoms with Gasteiger partial charge in [0, 0.05) is 23.7 Å². The van der Waals surface area contributed by atoms with Crippen LogP contribution in [-0.2, 0) is 24.6 Å². The maximum absolute atomic E-state index is 14.9. The second-order valence-corrected chi connectivity index (χ2v) is 13.3. The highest BCUT2D eigenvalue weighted by molar-refractivity contribution is 7.92. The van der Waals surface area contributed by atoms with Gasteiger partial charge in [-0.05, 0) is 80.5 Å². The summed E-state index contributed by atoms with van der Waals surface area (Å²) in [5, 5.41) is 0.356. The molecule has 4 rings (SSSR count). The van der Waals surface area contributed by atoms with Crippen LogP contribution < -0.4 is 0 Å². The van der Waals surface area contributed by atoms with Crippen LogP contribution in [0.2, 0.25) is 5.02 Å². The normalized spacial score (nSPS) is 24.8. The molecule has 2 fully saturated rings. The van der Waals surface area contributed by atoms with Gasteiger partial charge in [-0.1, -0.05) is 11.6 Å². The number of benzene rings is 2. The molecule has 10 heteroatoms. The zero-order valence-corrected chi connectivity index (χ0v) is 19.7. The van der Waals surface area contributed by atoms with Crippen LogP contribution in [0, 0.1) is 17.6 Å². The fourth-order valence-corrected chi connectivity index (χ4v) is 8.89. The third-order valence-electron chi connectivity index (χ3n) is 6.63. The molecule has 0 atom stereocenters. The first-order valence-electron chi connectivity index (χ1n) is 10.5. The summed E-state index contributed by atoms with van der Waals surface area (Å²) in [6.45, 7) is 1.02. The van der Waals surface area contributed by atoms with E-state index < -0.39 is 36.2 Å². The molecule has 5 nitrogen and oxygen atoms in total. The van der Waals surface area contributed by atoms with E-state index in [1.165, 1.54) is 28.6 Å². The van der Waals surface area contributed by atoms with Crippen molar-refractivity contribution in [1.29, 1.82) is 0 Å². The molecule has 2 aromatic rings. The van der Waals surface area contributed by atoms with Crippen LogP contribution in [0.25, 0.3) is 0 Å². The van der Waals surface area contributed by atoms with Gasteiger partial charge in [0.1, 0.15) is 16.4 Å². The van der Waals surface area contributed by atoms with E-state index in [0.717, 1.165) is 24.6 Å². The Bertz CT molecular complexity index is 1200. The highest BCUT2D eigenvalue weighted by Crippen LogP contribution is 2.49. The van der Waals surface area contributed by atoms with Crippen molar-refractivity contribution in [2.45, 2.75) is 41.7 Å². The maximum atomic E-state index is 14.9. The highest BCUT2D eigenvalue weighted by Gasteiger charge is 2.50. The van der Waals surface area contributed by atoms with Crippen molar-refractivity contribution in [2.24, 2.45) is 5.92 Å². The second kappa shape index (κ2) is 8.66. The second-order valence-electron chi connectivity index (χ2n) is 8.55. The van der Waals surface area contributed by atoms with E-state index in [9.17, 15) is 25.6 Å². The third-order valence-corrected chi connectivity index (χ3v) is 11.5. The number of hydrogen-bond acceptors (Lipinski definition) is 4. The van der Waals surface area contributed by atoms with Gasteiger partial charge in [-0.25, -0.2) is 29.9 Å². The first-order chi connectivity index (χ1) is 15.0.